The van der Waals surface area contributed by atoms with Gasteiger partial charge in [0.1, 0.15) is 5.75 Å². The van der Waals surface area contributed by atoms with E-state index in [0.717, 1.165) is 27.6 Å². The minimum absolute atomic E-state index is 0.00445. The Balaban J connectivity index is 2.15. The van der Waals surface area contributed by atoms with Gasteiger partial charge in [-0.1, -0.05) is 26.0 Å². The van der Waals surface area contributed by atoms with E-state index in [0.29, 0.717) is 11.3 Å². The summed E-state index contributed by atoms with van der Waals surface area (Å²) in [6.07, 6.45) is 3.65. The highest BCUT2D eigenvalue weighted by Gasteiger charge is 2.25. The predicted molar refractivity (Wildman–Crippen MR) is 121 cm³/mol. The summed E-state index contributed by atoms with van der Waals surface area (Å²) in [7, 11) is 2.94. The van der Waals surface area contributed by atoms with E-state index < -0.39 is 11.9 Å². The van der Waals surface area contributed by atoms with Crippen molar-refractivity contribution < 1.29 is 24.2 Å². The van der Waals surface area contributed by atoms with Gasteiger partial charge in [0.15, 0.2) is 0 Å². The van der Waals surface area contributed by atoms with E-state index in [1.165, 1.54) is 7.11 Å². The number of hydrogen-bond acceptors (Lipinski definition) is 4. The minimum atomic E-state index is -0.940. The van der Waals surface area contributed by atoms with Crippen LogP contribution in [0.3, 0.4) is 0 Å². The van der Waals surface area contributed by atoms with Crippen LogP contribution in [0.5, 0.6) is 5.75 Å². The highest BCUT2D eigenvalue weighted by atomic mass is 16.5. The van der Waals surface area contributed by atoms with Crippen molar-refractivity contribution in [1.29, 1.82) is 0 Å². The first kappa shape index (κ1) is 22.2. The fraction of sp³-hybridized carbons (Fsp3) is 0.280. The Labute approximate surface area is 181 Å². The maximum absolute atomic E-state index is 11.9. The predicted octanol–water partition coefficient (Wildman–Crippen LogP) is 5.24. The Morgan fingerprint density at radius 1 is 1.06 bits per heavy atom. The van der Waals surface area contributed by atoms with Crippen LogP contribution in [0, 0.1) is 5.92 Å². The third-order valence-corrected chi connectivity index (χ3v) is 5.45. The van der Waals surface area contributed by atoms with Crippen molar-refractivity contribution in [3.8, 4) is 5.75 Å². The zero-order valence-electron chi connectivity index (χ0n) is 18.4. The Hall–Kier alpha value is -3.54. The van der Waals surface area contributed by atoms with Gasteiger partial charge in [-0.25, -0.2) is 9.59 Å². The van der Waals surface area contributed by atoms with Gasteiger partial charge >= 0.3 is 11.9 Å². The van der Waals surface area contributed by atoms with Crippen molar-refractivity contribution in [2.45, 2.75) is 26.7 Å². The molecule has 1 unspecified atom stereocenters. The largest absolute Gasteiger partial charge is 0.496 e. The lowest BCUT2D eigenvalue weighted by Gasteiger charge is -2.24. The molecule has 6 heteroatoms. The second-order valence-electron chi connectivity index (χ2n) is 7.85. The first-order valence-corrected chi connectivity index (χ1v) is 10.1. The summed E-state index contributed by atoms with van der Waals surface area (Å²) >= 11 is 0. The SMILES string of the molecule is COC(=O)c1ccc(C(c2c[nH]c3ccc(/C=C(\C)C(=O)O)cc23)C(C)C)c(OC)c1. The third kappa shape index (κ3) is 4.48. The van der Waals surface area contributed by atoms with E-state index in [1.807, 2.05) is 30.5 Å². The van der Waals surface area contributed by atoms with Gasteiger partial charge in [0.2, 0.25) is 0 Å². The number of benzene rings is 2. The molecule has 0 saturated carbocycles. The van der Waals surface area contributed by atoms with Crippen LogP contribution >= 0.6 is 0 Å². The molecule has 31 heavy (non-hydrogen) atoms. The Morgan fingerprint density at radius 2 is 1.81 bits per heavy atom. The van der Waals surface area contributed by atoms with Gasteiger partial charge in [-0.3, -0.25) is 0 Å². The number of nitrogens with one attached hydrogen (secondary N) is 1. The van der Waals surface area contributed by atoms with Gasteiger partial charge in [-0.2, -0.15) is 0 Å². The van der Waals surface area contributed by atoms with Crippen LogP contribution < -0.4 is 4.74 Å². The zero-order chi connectivity index (χ0) is 22.7. The molecular weight excluding hydrogens is 394 g/mol. The third-order valence-electron chi connectivity index (χ3n) is 5.45. The second kappa shape index (κ2) is 9.08. The monoisotopic (exact) mass is 421 g/mol. The Morgan fingerprint density at radius 3 is 2.42 bits per heavy atom. The van der Waals surface area contributed by atoms with E-state index in [1.54, 1.807) is 32.2 Å². The van der Waals surface area contributed by atoms with Gasteiger partial charge in [-0.15, -0.1) is 0 Å². The van der Waals surface area contributed by atoms with Crippen LogP contribution in [0.2, 0.25) is 0 Å². The van der Waals surface area contributed by atoms with Crippen molar-refractivity contribution in [3.63, 3.8) is 0 Å². The molecule has 0 aliphatic heterocycles. The lowest BCUT2D eigenvalue weighted by Crippen LogP contribution is -2.11. The van der Waals surface area contributed by atoms with Crippen LogP contribution in [0.25, 0.3) is 17.0 Å². The topological polar surface area (TPSA) is 88.6 Å². The number of carboxylic acids is 1. The first-order chi connectivity index (χ1) is 14.8. The summed E-state index contributed by atoms with van der Waals surface area (Å²) in [5.41, 5.74) is 4.55. The number of aromatic amines is 1. The standard InChI is InChI=1S/C25H27NO5/c1-14(2)23(18-8-7-17(25(29)31-5)12-22(18)30-4)20-13-26-21-9-6-16(11-19(20)21)10-15(3)24(27)28/h6-14,23,26H,1-5H3,(H,27,28)/b15-10+. The summed E-state index contributed by atoms with van der Waals surface area (Å²) in [4.78, 5) is 26.5. The van der Waals surface area contributed by atoms with Crippen molar-refractivity contribution >= 4 is 28.9 Å². The van der Waals surface area contributed by atoms with Crippen LogP contribution in [0.15, 0.2) is 48.2 Å². The average Bonchev–Trinajstić information content (AvgIpc) is 3.16. The van der Waals surface area contributed by atoms with Crippen molar-refractivity contribution in [3.05, 3.63) is 70.4 Å². The molecule has 1 atom stereocenters. The number of H-pyrrole nitrogens is 1. The lowest BCUT2D eigenvalue weighted by atomic mass is 9.81. The van der Waals surface area contributed by atoms with Gasteiger partial charge in [0, 0.05) is 34.2 Å². The molecule has 1 aromatic heterocycles. The molecule has 3 rings (SSSR count). The highest BCUT2D eigenvalue weighted by molar-refractivity contribution is 5.93. The van der Waals surface area contributed by atoms with Crippen LogP contribution in [-0.4, -0.2) is 36.2 Å². The number of carbonyl (C=O) groups is 2. The average molecular weight is 421 g/mol. The maximum atomic E-state index is 11.9. The van der Waals surface area contributed by atoms with Crippen LogP contribution in [-0.2, 0) is 9.53 Å². The number of aliphatic carboxylic acids is 1. The lowest BCUT2D eigenvalue weighted by molar-refractivity contribution is -0.132. The number of ether oxygens (including phenoxy) is 2. The molecule has 0 radical (unpaired) electrons. The molecule has 0 aliphatic carbocycles. The summed E-state index contributed by atoms with van der Waals surface area (Å²) in [5.74, 6) is -0.506. The molecule has 6 nitrogen and oxygen atoms in total. The van der Waals surface area contributed by atoms with E-state index in [4.69, 9.17) is 9.47 Å². The number of hydrogen-bond donors (Lipinski definition) is 2. The second-order valence-corrected chi connectivity index (χ2v) is 7.85. The fourth-order valence-corrected chi connectivity index (χ4v) is 3.92. The minimum Gasteiger partial charge on any atom is -0.496 e. The normalized spacial score (nSPS) is 12.8. The summed E-state index contributed by atoms with van der Waals surface area (Å²) in [6.45, 7) is 5.85. The summed E-state index contributed by atoms with van der Waals surface area (Å²) < 4.78 is 10.5. The molecule has 162 valence electrons. The first-order valence-electron chi connectivity index (χ1n) is 10.1. The van der Waals surface area contributed by atoms with E-state index in [2.05, 4.69) is 18.8 Å². The number of methoxy groups -OCH3 is 2. The number of carboxylic acid groups (broad SMARTS) is 1. The smallest absolute Gasteiger partial charge is 0.337 e. The van der Waals surface area contributed by atoms with Gasteiger partial charge in [0.25, 0.3) is 0 Å². The molecule has 1 heterocycles. The molecule has 2 N–H and O–H groups in total. The fourth-order valence-electron chi connectivity index (χ4n) is 3.92. The molecule has 0 fully saturated rings. The van der Waals surface area contributed by atoms with E-state index in [-0.39, 0.29) is 17.4 Å². The molecule has 3 aromatic rings. The van der Waals surface area contributed by atoms with E-state index in [9.17, 15) is 14.7 Å². The molecule has 0 amide bonds. The van der Waals surface area contributed by atoms with Gasteiger partial charge < -0.3 is 19.6 Å². The molecule has 0 aliphatic rings. The van der Waals surface area contributed by atoms with Crippen LogP contribution in [0.1, 0.15) is 53.7 Å². The van der Waals surface area contributed by atoms with Crippen molar-refractivity contribution in [2.75, 3.05) is 14.2 Å². The highest BCUT2D eigenvalue weighted by Crippen LogP contribution is 2.41. The zero-order valence-corrected chi connectivity index (χ0v) is 18.4. The van der Waals surface area contributed by atoms with Crippen molar-refractivity contribution in [1.82, 2.24) is 4.98 Å². The molecular formula is C25H27NO5. The number of fused-ring (bicyclic) bond motifs is 1. The maximum Gasteiger partial charge on any atom is 0.337 e. The summed E-state index contributed by atoms with van der Waals surface area (Å²) in [5, 5.41) is 10.2. The quantitative estimate of drug-likeness (QED) is 0.402. The summed E-state index contributed by atoms with van der Waals surface area (Å²) in [6, 6.07) is 11.2. The number of esters is 1. The number of aromatic nitrogens is 1. The molecule has 2 aromatic carbocycles. The Kier molecular flexibility index (Phi) is 6.49. The van der Waals surface area contributed by atoms with Gasteiger partial charge in [-0.05, 0) is 54.3 Å². The molecule has 0 saturated heterocycles. The van der Waals surface area contributed by atoms with E-state index >= 15 is 0 Å². The van der Waals surface area contributed by atoms with Gasteiger partial charge in [0.05, 0.1) is 19.8 Å². The molecule has 0 bridgehead atoms. The van der Waals surface area contributed by atoms with Crippen molar-refractivity contribution in [2.24, 2.45) is 5.92 Å². The number of carbonyl (C=O) groups excluding carboxylic acids is 1. The number of rotatable bonds is 7. The Bertz CT molecular complexity index is 1160. The molecule has 0 spiro atoms. The van der Waals surface area contributed by atoms with Crippen LogP contribution in [0.4, 0.5) is 0 Å².